The van der Waals surface area contributed by atoms with Gasteiger partial charge in [0, 0.05) is 12.5 Å². The van der Waals surface area contributed by atoms with Crippen molar-refractivity contribution in [3.63, 3.8) is 0 Å². The molecule has 13 heavy (non-hydrogen) atoms. The van der Waals surface area contributed by atoms with E-state index in [-0.39, 0.29) is 5.41 Å². The fourth-order valence-electron chi connectivity index (χ4n) is 2.08. The molecule has 2 aliphatic rings. The van der Waals surface area contributed by atoms with Crippen molar-refractivity contribution in [1.82, 2.24) is 0 Å². The van der Waals surface area contributed by atoms with Crippen LogP contribution in [-0.2, 0) is 0 Å². The minimum Gasteiger partial charge on any atom is -0.463 e. The molecule has 1 aliphatic carbocycles. The molecule has 64 valence electrons. The molecular weight excluding hydrogens is 164 g/mol. The average Bonchev–Trinajstić information content (AvgIpc) is 2.57. The van der Waals surface area contributed by atoms with E-state index < -0.39 is 0 Å². The highest BCUT2D eigenvalue weighted by atomic mass is 16.3. The van der Waals surface area contributed by atoms with Crippen LogP contribution in [0.2, 0.25) is 0 Å². The maximum absolute atomic E-state index is 9.06. The van der Waals surface area contributed by atoms with Crippen molar-refractivity contribution in [2.24, 2.45) is 16.3 Å². The lowest BCUT2D eigenvalue weighted by molar-refractivity contribution is 0.552. The molecular formula is C10H8N2O. The first-order valence-corrected chi connectivity index (χ1v) is 4.37. The Labute approximate surface area is 75.7 Å². The maximum Gasteiger partial charge on any atom is 0.149 e. The van der Waals surface area contributed by atoms with E-state index in [1.165, 1.54) is 0 Å². The number of hydrogen-bond acceptors (Lipinski definition) is 3. The Balaban J connectivity index is 2.07. The number of furan rings is 1. The minimum absolute atomic E-state index is 0.294. The van der Waals surface area contributed by atoms with Crippen molar-refractivity contribution in [1.29, 1.82) is 5.26 Å². The molecule has 0 saturated heterocycles. The van der Waals surface area contributed by atoms with Crippen LogP contribution in [0, 0.1) is 22.7 Å². The zero-order chi connectivity index (χ0) is 8.89. The Hall–Kier alpha value is -1.56. The quantitative estimate of drug-likeness (QED) is 0.646. The molecule has 0 spiro atoms. The highest BCUT2D eigenvalue weighted by Gasteiger charge is 2.62. The lowest BCUT2D eigenvalue weighted by atomic mass is 9.99. The Morgan fingerprint density at radius 1 is 1.69 bits per heavy atom. The van der Waals surface area contributed by atoms with E-state index in [0.717, 1.165) is 24.4 Å². The van der Waals surface area contributed by atoms with Crippen LogP contribution in [0.1, 0.15) is 12.2 Å². The summed E-state index contributed by atoms with van der Waals surface area (Å²) < 4.78 is 5.26. The molecule has 1 aromatic rings. The summed E-state index contributed by atoms with van der Waals surface area (Å²) in [5.41, 5.74) is 0.572. The predicted octanol–water partition coefficient (Wildman–Crippen LogP) is 1.61. The fraction of sp³-hybridized carbons (Fsp3) is 0.400. The highest BCUT2D eigenvalue weighted by molar-refractivity contribution is 6.08. The standard InChI is InChI=1S/C10H8N2O/c11-6-10-4-7(10)5-12-9(10)8-2-1-3-13-8/h1-3,7H,4-5H2/t7-,10+/m1/s1. The van der Waals surface area contributed by atoms with Crippen molar-refractivity contribution in [2.45, 2.75) is 6.42 Å². The first-order valence-electron chi connectivity index (χ1n) is 4.37. The summed E-state index contributed by atoms with van der Waals surface area (Å²) in [7, 11) is 0. The van der Waals surface area contributed by atoms with Gasteiger partial charge in [-0.3, -0.25) is 4.99 Å². The Morgan fingerprint density at radius 2 is 2.62 bits per heavy atom. The molecule has 3 rings (SSSR count). The second kappa shape index (κ2) is 2.02. The van der Waals surface area contributed by atoms with E-state index in [0.29, 0.717) is 5.92 Å². The van der Waals surface area contributed by atoms with E-state index >= 15 is 0 Å². The molecule has 0 aromatic carbocycles. The summed E-state index contributed by atoms with van der Waals surface area (Å²) in [6.45, 7) is 0.795. The van der Waals surface area contributed by atoms with Gasteiger partial charge < -0.3 is 4.42 Å². The number of hydrogen-bond donors (Lipinski definition) is 0. The Kier molecular flexibility index (Phi) is 1.07. The van der Waals surface area contributed by atoms with Gasteiger partial charge in [0.15, 0.2) is 0 Å². The first-order chi connectivity index (χ1) is 6.37. The average molecular weight is 172 g/mol. The molecule has 0 unspecified atom stereocenters. The van der Waals surface area contributed by atoms with E-state index in [2.05, 4.69) is 11.1 Å². The SMILES string of the molecule is N#C[C@@]12C[C@@H]1CN=C2c1ccco1. The minimum atomic E-state index is -0.294. The van der Waals surface area contributed by atoms with E-state index in [1.807, 2.05) is 12.1 Å². The van der Waals surface area contributed by atoms with E-state index in [1.54, 1.807) is 6.26 Å². The first kappa shape index (κ1) is 6.90. The lowest BCUT2D eigenvalue weighted by Gasteiger charge is -2.02. The van der Waals surface area contributed by atoms with Gasteiger partial charge >= 0.3 is 0 Å². The molecule has 1 saturated carbocycles. The molecule has 3 heteroatoms. The predicted molar refractivity (Wildman–Crippen MR) is 46.3 cm³/mol. The largest absolute Gasteiger partial charge is 0.463 e. The van der Waals surface area contributed by atoms with Crippen molar-refractivity contribution in [3.05, 3.63) is 24.2 Å². The normalized spacial score (nSPS) is 35.0. The second-order valence-corrected chi connectivity index (χ2v) is 3.65. The van der Waals surface area contributed by atoms with E-state index in [9.17, 15) is 0 Å². The molecule has 2 heterocycles. The van der Waals surface area contributed by atoms with Crippen LogP contribution in [-0.4, -0.2) is 12.3 Å². The van der Waals surface area contributed by atoms with Gasteiger partial charge in [0.05, 0.1) is 18.0 Å². The summed E-state index contributed by atoms with van der Waals surface area (Å²) in [5, 5.41) is 9.06. The maximum atomic E-state index is 9.06. The molecule has 1 aromatic heterocycles. The van der Waals surface area contributed by atoms with Gasteiger partial charge in [0.2, 0.25) is 0 Å². The fourth-order valence-corrected chi connectivity index (χ4v) is 2.08. The molecule has 0 amide bonds. The van der Waals surface area contributed by atoms with Crippen LogP contribution in [0.3, 0.4) is 0 Å². The molecule has 0 radical (unpaired) electrons. The highest BCUT2D eigenvalue weighted by Crippen LogP contribution is 2.58. The number of nitriles is 1. The van der Waals surface area contributed by atoms with E-state index in [4.69, 9.17) is 9.68 Å². The summed E-state index contributed by atoms with van der Waals surface area (Å²) in [6, 6.07) is 6.07. The summed E-state index contributed by atoms with van der Waals surface area (Å²) in [6.07, 6.45) is 2.58. The Bertz CT molecular complexity index is 413. The molecule has 0 bridgehead atoms. The second-order valence-electron chi connectivity index (χ2n) is 3.65. The van der Waals surface area contributed by atoms with Gasteiger partial charge in [-0.2, -0.15) is 5.26 Å². The zero-order valence-corrected chi connectivity index (χ0v) is 7.03. The zero-order valence-electron chi connectivity index (χ0n) is 7.03. The molecule has 1 fully saturated rings. The number of nitrogens with zero attached hydrogens (tertiary/aromatic N) is 2. The molecule has 0 N–H and O–H groups in total. The number of rotatable bonds is 1. The van der Waals surface area contributed by atoms with Gasteiger partial charge in [-0.1, -0.05) is 0 Å². The van der Waals surface area contributed by atoms with Gasteiger partial charge in [-0.15, -0.1) is 0 Å². The third-order valence-corrected chi connectivity index (χ3v) is 2.95. The van der Waals surface area contributed by atoms with Crippen molar-refractivity contribution >= 4 is 5.71 Å². The van der Waals surface area contributed by atoms with Crippen LogP contribution < -0.4 is 0 Å². The van der Waals surface area contributed by atoms with Crippen molar-refractivity contribution < 1.29 is 4.42 Å². The van der Waals surface area contributed by atoms with Gasteiger partial charge in [0.25, 0.3) is 0 Å². The van der Waals surface area contributed by atoms with Crippen LogP contribution in [0.25, 0.3) is 0 Å². The lowest BCUT2D eigenvalue weighted by Crippen LogP contribution is -2.12. The topological polar surface area (TPSA) is 49.3 Å². The van der Waals surface area contributed by atoms with Gasteiger partial charge in [-0.05, 0) is 18.6 Å². The van der Waals surface area contributed by atoms with Crippen LogP contribution in [0.5, 0.6) is 0 Å². The third kappa shape index (κ3) is 0.707. The van der Waals surface area contributed by atoms with Crippen LogP contribution >= 0.6 is 0 Å². The summed E-state index contributed by atoms with van der Waals surface area (Å²) >= 11 is 0. The van der Waals surface area contributed by atoms with Crippen LogP contribution in [0.15, 0.2) is 27.8 Å². The van der Waals surface area contributed by atoms with Crippen LogP contribution in [0.4, 0.5) is 0 Å². The van der Waals surface area contributed by atoms with Crippen molar-refractivity contribution in [3.8, 4) is 6.07 Å². The number of fused-ring (bicyclic) bond motifs is 1. The summed E-state index contributed by atoms with van der Waals surface area (Å²) in [4.78, 5) is 4.35. The smallest absolute Gasteiger partial charge is 0.149 e. The molecule has 2 atom stereocenters. The molecule has 1 aliphatic heterocycles. The summed E-state index contributed by atoms with van der Waals surface area (Å²) in [5.74, 6) is 1.22. The monoisotopic (exact) mass is 172 g/mol. The van der Waals surface area contributed by atoms with Gasteiger partial charge in [0.1, 0.15) is 11.2 Å². The number of aliphatic imine (C=N–C) groups is 1. The Morgan fingerprint density at radius 3 is 3.23 bits per heavy atom. The van der Waals surface area contributed by atoms with Gasteiger partial charge in [-0.25, -0.2) is 0 Å². The third-order valence-electron chi connectivity index (χ3n) is 2.95. The molecule has 3 nitrogen and oxygen atoms in total. The van der Waals surface area contributed by atoms with Crippen molar-refractivity contribution in [2.75, 3.05) is 6.54 Å².